The number of rotatable bonds is 6. The van der Waals surface area contributed by atoms with E-state index in [-0.39, 0.29) is 24.8 Å². The first-order valence-corrected chi connectivity index (χ1v) is 6.68. The molecule has 20 heavy (non-hydrogen) atoms. The zero-order valence-electron chi connectivity index (χ0n) is 11.8. The van der Waals surface area contributed by atoms with Gasteiger partial charge in [0.1, 0.15) is 6.61 Å². The molecule has 1 aliphatic rings. The van der Waals surface area contributed by atoms with Crippen LogP contribution in [-0.2, 0) is 0 Å². The van der Waals surface area contributed by atoms with Crippen molar-refractivity contribution in [2.75, 3.05) is 45.9 Å². The molecular formula is C14H24Cl2N2O2. The molecule has 6 heteroatoms. The number of hydrogen-bond donors (Lipinski definition) is 1. The van der Waals surface area contributed by atoms with E-state index in [9.17, 15) is 0 Å². The highest BCUT2D eigenvalue weighted by Crippen LogP contribution is 2.26. The van der Waals surface area contributed by atoms with E-state index in [1.165, 1.54) is 0 Å². The average Bonchev–Trinajstić information content (AvgIpc) is 2.42. The number of piperazine rings is 1. The van der Waals surface area contributed by atoms with Crippen molar-refractivity contribution in [1.29, 1.82) is 0 Å². The lowest BCUT2D eigenvalue weighted by Gasteiger charge is -2.27. The summed E-state index contributed by atoms with van der Waals surface area (Å²) in [6, 6.07) is 7.85. The van der Waals surface area contributed by atoms with E-state index in [2.05, 4.69) is 10.2 Å². The average molecular weight is 323 g/mol. The molecule has 0 saturated carbocycles. The maximum absolute atomic E-state index is 5.81. The van der Waals surface area contributed by atoms with Gasteiger partial charge in [-0.15, -0.1) is 24.8 Å². The van der Waals surface area contributed by atoms with Gasteiger partial charge in [-0.1, -0.05) is 12.1 Å². The Balaban J connectivity index is 0.00000180. The van der Waals surface area contributed by atoms with Gasteiger partial charge in [0.05, 0.1) is 6.61 Å². The van der Waals surface area contributed by atoms with Crippen LogP contribution in [0, 0.1) is 0 Å². The standard InChI is InChI=1S/C14H22N2O2.2ClH/c1-2-17-13-5-3-4-6-14(13)18-12-11-16-9-7-15-8-10-16;;/h3-6,15H,2,7-12H2,1H3;2*1H. The van der Waals surface area contributed by atoms with Crippen molar-refractivity contribution in [3.05, 3.63) is 24.3 Å². The maximum Gasteiger partial charge on any atom is 0.161 e. The molecule has 1 N–H and O–H groups in total. The third-order valence-electron chi connectivity index (χ3n) is 3.02. The number of benzene rings is 1. The van der Waals surface area contributed by atoms with Crippen LogP contribution in [0.4, 0.5) is 0 Å². The third kappa shape index (κ3) is 6.18. The summed E-state index contributed by atoms with van der Waals surface area (Å²) < 4.78 is 11.3. The molecule has 2 rings (SSSR count). The highest BCUT2D eigenvalue weighted by Gasteiger charge is 2.09. The van der Waals surface area contributed by atoms with Gasteiger partial charge in [-0.25, -0.2) is 0 Å². The Bertz CT molecular complexity index is 361. The van der Waals surface area contributed by atoms with Crippen LogP contribution in [-0.4, -0.2) is 50.8 Å². The highest BCUT2D eigenvalue weighted by atomic mass is 35.5. The normalized spacial score (nSPS) is 14.8. The van der Waals surface area contributed by atoms with E-state index >= 15 is 0 Å². The molecule has 0 amide bonds. The Hall–Kier alpha value is -0.680. The molecular weight excluding hydrogens is 299 g/mol. The van der Waals surface area contributed by atoms with Gasteiger partial charge in [0.25, 0.3) is 0 Å². The number of para-hydroxylation sites is 2. The molecule has 1 aliphatic heterocycles. The van der Waals surface area contributed by atoms with E-state index < -0.39 is 0 Å². The SMILES string of the molecule is CCOc1ccccc1OCCN1CCNCC1.Cl.Cl. The topological polar surface area (TPSA) is 33.7 Å². The van der Waals surface area contributed by atoms with Crippen LogP contribution in [0.25, 0.3) is 0 Å². The van der Waals surface area contributed by atoms with Crippen molar-refractivity contribution in [1.82, 2.24) is 10.2 Å². The van der Waals surface area contributed by atoms with Crippen molar-refractivity contribution < 1.29 is 9.47 Å². The fourth-order valence-electron chi connectivity index (χ4n) is 2.06. The second kappa shape index (κ2) is 11.0. The summed E-state index contributed by atoms with van der Waals surface area (Å²) in [7, 11) is 0. The fourth-order valence-corrected chi connectivity index (χ4v) is 2.06. The number of hydrogen-bond acceptors (Lipinski definition) is 4. The molecule has 0 radical (unpaired) electrons. The summed E-state index contributed by atoms with van der Waals surface area (Å²) in [6.07, 6.45) is 0. The molecule has 0 atom stereocenters. The van der Waals surface area contributed by atoms with E-state index in [0.29, 0.717) is 13.2 Å². The van der Waals surface area contributed by atoms with E-state index in [1.54, 1.807) is 0 Å². The van der Waals surface area contributed by atoms with Crippen LogP contribution in [0.5, 0.6) is 11.5 Å². The van der Waals surface area contributed by atoms with Gasteiger partial charge in [0.15, 0.2) is 11.5 Å². The first-order chi connectivity index (χ1) is 8.90. The number of nitrogens with zero attached hydrogens (tertiary/aromatic N) is 1. The quantitative estimate of drug-likeness (QED) is 0.870. The minimum absolute atomic E-state index is 0. The summed E-state index contributed by atoms with van der Waals surface area (Å²) in [6.45, 7) is 8.71. The van der Waals surface area contributed by atoms with Gasteiger partial charge in [-0.2, -0.15) is 0 Å². The van der Waals surface area contributed by atoms with Crippen LogP contribution in [0.2, 0.25) is 0 Å². The van der Waals surface area contributed by atoms with E-state index in [0.717, 1.165) is 44.2 Å². The van der Waals surface area contributed by atoms with Gasteiger partial charge in [-0.05, 0) is 19.1 Å². The van der Waals surface area contributed by atoms with E-state index in [1.807, 2.05) is 31.2 Å². The second-order valence-electron chi connectivity index (χ2n) is 4.32. The van der Waals surface area contributed by atoms with Gasteiger partial charge in [-0.3, -0.25) is 4.90 Å². The fraction of sp³-hybridized carbons (Fsp3) is 0.571. The smallest absolute Gasteiger partial charge is 0.161 e. The molecule has 1 aromatic rings. The first-order valence-electron chi connectivity index (χ1n) is 6.68. The molecule has 0 aromatic heterocycles. The van der Waals surface area contributed by atoms with Gasteiger partial charge >= 0.3 is 0 Å². The minimum Gasteiger partial charge on any atom is -0.490 e. The Kier molecular flexibility index (Phi) is 10.7. The summed E-state index contributed by atoms with van der Waals surface area (Å²) >= 11 is 0. The van der Waals surface area contributed by atoms with Gasteiger partial charge in [0.2, 0.25) is 0 Å². The Morgan fingerprint density at radius 1 is 1.05 bits per heavy atom. The molecule has 1 fully saturated rings. The second-order valence-corrected chi connectivity index (χ2v) is 4.32. The number of ether oxygens (including phenoxy) is 2. The molecule has 4 nitrogen and oxygen atoms in total. The molecule has 0 spiro atoms. The zero-order chi connectivity index (χ0) is 12.6. The van der Waals surface area contributed by atoms with E-state index in [4.69, 9.17) is 9.47 Å². The predicted octanol–water partition coefficient (Wildman–Crippen LogP) is 2.21. The lowest BCUT2D eigenvalue weighted by Crippen LogP contribution is -2.44. The van der Waals surface area contributed by atoms with Crippen LogP contribution in [0.3, 0.4) is 0 Å². The number of nitrogens with one attached hydrogen (secondary N) is 1. The molecule has 0 aliphatic carbocycles. The monoisotopic (exact) mass is 322 g/mol. The van der Waals surface area contributed by atoms with Crippen molar-refractivity contribution >= 4 is 24.8 Å². The van der Waals surface area contributed by atoms with Crippen LogP contribution < -0.4 is 14.8 Å². The summed E-state index contributed by atoms with van der Waals surface area (Å²) in [5.41, 5.74) is 0. The van der Waals surface area contributed by atoms with Gasteiger partial charge < -0.3 is 14.8 Å². The zero-order valence-corrected chi connectivity index (χ0v) is 13.5. The maximum atomic E-state index is 5.81. The Morgan fingerprint density at radius 3 is 2.25 bits per heavy atom. The summed E-state index contributed by atoms with van der Waals surface area (Å²) in [5.74, 6) is 1.68. The number of halogens is 2. The molecule has 0 unspecified atom stereocenters. The van der Waals surface area contributed by atoms with Crippen molar-refractivity contribution in [3.63, 3.8) is 0 Å². The third-order valence-corrected chi connectivity index (χ3v) is 3.02. The predicted molar refractivity (Wildman–Crippen MR) is 86.9 cm³/mol. The van der Waals surface area contributed by atoms with Gasteiger partial charge in [0, 0.05) is 32.7 Å². The molecule has 0 bridgehead atoms. The lowest BCUT2D eigenvalue weighted by atomic mass is 10.3. The van der Waals surface area contributed by atoms with Crippen molar-refractivity contribution in [3.8, 4) is 11.5 Å². The van der Waals surface area contributed by atoms with Crippen molar-refractivity contribution in [2.24, 2.45) is 0 Å². The van der Waals surface area contributed by atoms with Crippen LogP contribution in [0.15, 0.2) is 24.3 Å². The summed E-state index contributed by atoms with van der Waals surface area (Å²) in [5, 5.41) is 3.35. The Morgan fingerprint density at radius 2 is 1.65 bits per heavy atom. The van der Waals surface area contributed by atoms with Crippen LogP contribution in [0.1, 0.15) is 6.92 Å². The largest absolute Gasteiger partial charge is 0.490 e. The molecule has 1 heterocycles. The molecule has 1 aromatic carbocycles. The minimum atomic E-state index is 0. The summed E-state index contributed by atoms with van der Waals surface area (Å²) in [4.78, 5) is 2.42. The lowest BCUT2D eigenvalue weighted by molar-refractivity contribution is 0.187. The first kappa shape index (κ1) is 19.3. The molecule has 116 valence electrons. The van der Waals surface area contributed by atoms with Crippen molar-refractivity contribution in [2.45, 2.75) is 6.92 Å². The Labute approximate surface area is 133 Å². The molecule has 1 saturated heterocycles. The van der Waals surface area contributed by atoms with Crippen LogP contribution >= 0.6 is 24.8 Å². The highest BCUT2D eigenvalue weighted by molar-refractivity contribution is 5.85.